The average Bonchev–Trinajstić information content (AvgIpc) is 2.10. The fourth-order valence-electron chi connectivity index (χ4n) is 1.20. The third kappa shape index (κ3) is 3.28. The summed E-state index contributed by atoms with van der Waals surface area (Å²) in [6.45, 7) is 6.57. The van der Waals surface area contributed by atoms with Gasteiger partial charge in [-0.1, -0.05) is 13.8 Å². The van der Waals surface area contributed by atoms with Crippen molar-refractivity contribution in [2.45, 2.75) is 30.6 Å². The summed E-state index contributed by atoms with van der Waals surface area (Å²) in [4.78, 5) is 2.81. The van der Waals surface area contributed by atoms with Crippen molar-refractivity contribution in [1.82, 2.24) is 0 Å². The number of rotatable bonds is 4. The first-order chi connectivity index (χ1) is 6.27. The third-order valence-corrected chi connectivity index (χ3v) is 3.69. The van der Waals surface area contributed by atoms with Crippen LogP contribution in [0.5, 0.6) is 0 Å². The molecule has 0 aliphatic rings. The van der Waals surface area contributed by atoms with E-state index >= 15 is 0 Å². The Kier molecular flexibility index (Phi) is 4.74. The Balaban J connectivity index is 2.79. The van der Waals surface area contributed by atoms with Gasteiger partial charge < -0.3 is 0 Å². The van der Waals surface area contributed by atoms with Gasteiger partial charge in [-0.2, -0.15) is 0 Å². The molecule has 0 amide bonds. The van der Waals surface area contributed by atoms with Crippen molar-refractivity contribution < 1.29 is 0 Å². The zero-order chi connectivity index (χ0) is 9.68. The van der Waals surface area contributed by atoms with Crippen molar-refractivity contribution in [3.63, 3.8) is 0 Å². The van der Waals surface area contributed by atoms with Gasteiger partial charge in [0.05, 0.1) is 0 Å². The van der Waals surface area contributed by atoms with Crippen LogP contribution >= 0.6 is 23.5 Å². The van der Waals surface area contributed by atoms with Crippen molar-refractivity contribution in [3.8, 4) is 0 Å². The first kappa shape index (κ1) is 11.0. The molecule has 2 heteroatoms. The molecule has 0 radical (unpaired) electrons. The summed E-state index contributed by atoms with van der Waals surface area (Å²) < 4.78 is 0. The predicted octanol–water partition coefficient (Wildman–Crippen LogP) is 4.22. The summed E-state index contributed by atoms with van der Waals surface area (Å²) in [5.74, 6) is 2.31. The van der Waals surface area contributed by atoms with Crippen molar-refractivity contribution in [1.29, 1.82) is 0 Å². The molecule has 0 unspecified atom stereocenters. The van der Waals surface area contributed by atoms with Crippen LogP contribution in [0.3, 0.4) is 0 Å². The van der Waals surface area contributed by atoms with Gasteiger partial charge in [0.2, 0.25) is 0 Å². The first-order valence-electron chi connectivity index (χ1n) is 4.64. The molecule has 0 atom stereocenters. The maximum absolute atomic E-state index is 2.28. The largest absolute Gasteiger partial charge is 0.126 e. The van der Waals surface area contributed by atoms with E-state index < -0.39 is 0 Å². The van der Waals surface area contributed by atoms with Crippen molar-refractivity contribution >= 4 is 23.5 Å². The van der Waals surface area contributed by atoms with E-state index in [0.717, 1.165) is 11.5 Å². The molecule has 0 saturated carbocycles. The number of hydrogen-bond donors (Lipinski definition) is 0. The van der Waals surface area contributed by atoms with Gasteiger partial charge in [-0.25, -0.2) is 0 Å². The smallest absolute Gasteiger partial charge is 0.0102 e. The van der Waals surface area contributed by atoms with Gasteiger partial charge in [-0.15, -0.1) is 23.5 Å². The van der Waals surface area contributed by atoms with E-state index in [1.165, 1.54) is 15.4 Å². The van der Waals surface area contributed by atoms with E-state index in [9.17, 15) is 0 Å². The first-order valence-corrected chi connectivity index (χ1v) is 6.61. The molecule has 0 heterocycles. The van der Waals surface area contributed by atoms with Crippen LogP contribution in [0.25, 0.3) is 0 Å². The van der Waals surface area contributed by atoms with E-state index in [2.05, 4.69) is 39.0 Å². The number of benzene rings is 1. The highest BCUT2D eigenvalue weighted by atomic mass is 32.2. The normalized spacial score (nSPS) is 10.4. The minimum Gasteiger partial charge on any atom is -0.126 e. The van der Waals surface area contributed by atoms with E-state index in [-0.39, 0.29) is 0 Å². The van der Waals surface area contributed by atoms with Gasteiger partial charge >= 0.3 is 0 Å². The molecule has 0 spiro atoms. The van der Waals surface area contributed by atoms with Crippen LogP contribution in [-0.2, 0) is 0 Å². The molecule has 0 saturated heterocycles. The van der Waals surface area contributed by atoms with Gasteiger partial charge in [0.25, 0.3) is 0 Å². The second-order valence-corrected chi connectivity index (χ2v) is 5.44. The standard InChI is InChI=1S/C11H16S2/c1-4-12-10-6-7-11(13-5-2)9(3)8-10/h6-8H,4-5H2,1-3H3. The highest BCUT2D eigenvalue weighted by molar-refractivity contribution is 7.99. The molecule has 72 valence electrons. The number of aryl methyl sites for hydroxylation is 1. The van der Waals surface area contributed by atoms with Gasteiger partial charge in [0.1, 0.15) is 0 Å². The van der Waals surface area contributed by atoms with Crippen LogP contribution in [0.1, 0.15) is 19.4 Å². The van der Waals surface area contributed by atoms with Gasteiger partial charge in [-0.05, 0) is 42.2 Å². The monoisotopic (exact) mass is 212 g/mol. The van der Waals surface area contributed by atoms with Crippen LogP contribution in [-0.4, -0.2) is 11.5 Å². The van der Waals surface area contributed by atoms with Crippen LogP contribution < -0.4 is 0 Å². The molecule has 1 aromatic rings. The molecule has 13 heavy (non-hydrogen) atoms. The second-order valence-electron chi connectivity index (χ2n) is 2.79. The molecular weight excluding hydrogens is 196 g/mol. The topological polar surface area (TPSA) is 0 Å². The van der Waals surface area contributed by atoms with Crippen LogP contribution in [0.2, 0.25) is 0 Å². The fourth-order valence-corrected chi connectivity index (χ4v) is 2.72. The lowest BCUT2D eigenvalue weighted by Gasteiger charge is -2.05. The molecule has 0 nitrogen and oxygen atoms in total. The van der Waals surface area contributed by atoms with E-state index in [0.29, 0.717) is 0 Å². The van der Waals surface area contributed by atoms with Crippen molar-refractivity contribution in [2.75, 3.05) is 11.5 Å². The van der Waals surface area contributed by atoms with Crippen LogP contribution in [0, 0.1) is 6.92 Å². The van der Waals surface area contributed by atoms with Gasteiger partial charge in [0.15, 0.2) is 0 Å². The second kappa shape index (κ2) is 5.61. The molecule has 0 N–H and O–H groups in total. The average molecular weight is 212 g/mol. The minimum atomic E-state index is 1.15. The fraction of sp³-hybridized carbons (Fsp3) is 0.455. The summed E-state index contributed by atoms with van der Waals surface area (Å²) in [5.41, 5.74) is 1.41. The molecule has 0 aliphatic heterocycles. The molecule has 0 bridgehead atoms. The van der Waals surface area contributed by atoms with Crippen molar-refractivity contribution in [3.05, 3.63) is 23.8 Å². The minimum absolute atomic E-state index is 1.15. The SMILES string of the molecule is CCSc1ccc(SCC)c(C)c1. The van der Waals surface area contributed by atoms with Crippen LogP contribution in [0.4, 0.5) is 0 Å². The summed E-state index contributed by atoms with van der Waals surface area (Å²) in [6.07, 6.45) is 0. The van der Waals surface area contributed by atoms with Gasteiger partial charge in [-0.3, -0.25) is 0 Å². The highest BCUT2D eigenvalue weighted by Crippen LogP contribution is 2.26. The molecule has 0 aliphatic carbocycles. The summed E-state index contributed by atoms with van der Waals surface area (Å²) in [6, 6.07) is 6.74. The Bertz CT molecular complexity index is 269. The molecule has 0 aromatic heterocycles. The Hall–Kier alpha value is -0.0800. The maximum Gasteiger partial charge on any atom is 0.0102 e. The van der Waals surface area contributed by atoms with Crippen molar-refractivity contribution in [2.24, 2.45) is 0 Å². The zero-order valence-corrected chi connectivity index (χ0v) is 10.1. The quantitative estimate of drug-likeness (QED) is 0.685. The Morgan fingerprint density at radius 1 is 1.08 bits per heavy atom. The Morgan fingerprint density at radius 3 is 2.31 bits per heavy atom. The summed E-state index contributed by atoms with van der Waals surface area (Å²) >= 11 is 3.83. The van der Waals surface area contributed by atoms with E-state index in [4.69, 9.17) is 0 Å². The Morgan fingerprint density at radius 2 is 1.77 bits per heavy atom. The molecule has 1 aromatic carbocycles. The predicted molar refractivity (Wildman–Crippen MR) is 64.0 cm³/mol. The van der Waals surface area contributed by atoms with E-state index in [1.807, 2.05) is 23.5 Å². The Labute approximate surface area is 89.5 Å². The highest BCUT2D eigenvalue weighted by Gasteiger charge is 1.99. The molecule has 1 rings (SSSR count). The maximum atomic E-state index is 2.28. The van der Waals surface area contributed by atoms with Crippen LogP contribution in [0.15, 0.2) is 28.0 Å². The number of hydrogen-bond acceptors (Lipinski definition) is 2. The van der Waals surface area contributed by atoms with E-state index in [1.54, 1.807) is 0 Å². The summed E-state index contributed by atoms with van der Waals surface area (Å²) in [7, 11) is 0. The lowest BCUT2D eigenvalue weighted by molar-refractivity contribution is 1.23. The third-order valence-electron chi connectivity index (χ3n) is 1.76. The lowest BCUT2D eigenvalue weighted by atomic mass is 10.2. The molecule has 0 fully saturated rings. The zero-order valence-electron chi connectivity index (χ0n) is 8.46. The lowest BCUT2D eigenvalue weighted by Crippen LogP contribution is -1.82. The van der Waals surface area contributed by atoms with Gasteiger partial charge in [0, 0.05) is 9.79 Å². The number of thioether (sulfide) groups is 2. The molecular formula is C11H16S2. The summed E-state index contributed by atoms with van der Waals surface area (Å²) in [5, 5.41) is 0.